The van der Waals surface area contributed by atoms with Gasteiger partial charge >= 0.3 is 0 Å². The zero-order valence-corrected chi connectivity index (χ0v) is 11.7. The van der Waals surface area contributed by atoms with Crippen molar-refractivity contribution >= 4 is 23.2 Å². The van der Waals surface area contributed by atoms with Gasteiger partial charge in [-0.05, 0) is 43.3 Å². The lowest BCUT2D eigenvalue weighted by atomic mass is 10.2. The number of para-hydroxylation sites is 1. The summed E-state index contributed by atoms with van der Waals surface area (Å²) in [5.41, 5.74) is 7.07. The minimum absolute atomic E-state index is 0.161. The monoisotopic (exact) mass is 283 g/mol. The van der Waals surface area contributed by atoms with Gasteiger partial charge in [-0.1, -0.05) is 18.2 Å². The van der Waals surface area contributed by atoms with Crippen molar-refractivity contribution in [3.63, 3.8) is 0 Å². The summed E-state index contributed by atoms with van der Waals surface area (Å²) in [6, 6.07) is 15.6. The summed E-state index contributed by atoms with van der Waals surface area (Å²) in [4.78, 5) is 23.0. The first kappa shape index (κ1) is 14.6. The molecular formula is C16H17N3O2. The highest BCUT2D eigenvalue weighted by Crippen LogP contribution is 2.11. The SMILES string of the molecule is C[C@@H](Nc1ccccc1)C(=O)Nc1ccc(C(N)=O)cc1. The molecule has 2 rings (SSSR count). The summed E-state index contributed by atoms with van der Waals surface area (Å²) >= 11 is 0. The second kappa shape index (κ2) is 6.56. The third-order valence-electron chi connectivity index (χ3n) is 2.99. The van der Waals surface area contributed by atoms with Crippen molar-refractivity contribution in [1.82, 2.24) is 0 Å². The molecule has 2 aromatic rings. The van der Waals surface area contributed by atoms with Gasteiger partial charge in [0.15, 0.2) is 0 Å². The van der Waals surface area contributed by atoms with Crippen LogP contribution >= 0.6 is 0 Å². The molecule has 0 aromatic heterocycles. The van der Waals surface area contributed by atoms with Gasteiger partial charge in [0.05, 0.1) is 0 Å². The molecule has 0 unspecified atom stereocenters. The fourth-order valence-corrected chi connectivity index (χ4v) is 1.82. The number of benzene rings is 2. The molecule has 5 nitrogen and oxygen atoms in total. The molecule has 1 atom stereocenters. The van der Waals surface area contributed by atoms with Crippen molar-refractivity contribution < 1.29 is 9.59 Å². The number of hydrogen-bond donors (Lipinski definition) is 3. The number of carbonyl (C=O) groups excluding carboxylic acids is 2. The van der Waals surface area contributed by atoms with Gasteiger partial charge in [-0.25, -0.2) is 0 Å². The van der Waals surface area contributed by atoms with Crippen LogP contribution in [0.1, 0.15) is 17.3 Å². The number of primary amides is 1. The van der Waals surface area contributed by atoms with Crippen LogP contribution in [-0.4, -0.2) is 17.9 Å². The largest absolute Gasteiger partial charge is 0.374 e. The highest BCUT2D eigenvalue weighted by atomic mass is 16.2. The lowest BCUT2D eigenvalue weighted by Gasteiger charge is -2.15. The summed E-state index contributed by atoms with van der Waals surface area (Å²) in [6.45, 7) is 1.78. The number of amides is 2. The van der Waals surface area contributed by atoms with Gasteiger partial charge in [-0.15, -0.1) is 0 Å². The van der Waals surface area contributed by atoms with Gasteiger partial charge in [0.1, 0.15) is 6.04 Å². The normalized spacial score (nSPS) is 11.5. The van der Waals surface area contributed by atoms with Crippen LogP contribution in [0.4, 0.5) is 11.4 Å². The summed E-state index contributed by atoms with van der Waals surface area (Å²) in [5, 5.41) is 5.88. The lowest BCUT2D eigenvalue weighted by Crippen LogP contribution is -2.31. The minimum Gasteiger partial charge on any atom is -0.374 e. The fourth-order valence-electron chi connectivity index (χ4n) is 1.82. The van der Waals surface area contributed by atoms with E-state index in [0.29, 0.717) is 11.3 Å². The van der Waals surface area contributed by atoms with Gasteiger partial charge in [-0.3, -0.25) is 9.59 Å². The maximum atomic E-state index is 12.1. The van der Waals surface area contributed by atoms with Gasteiger partial charge in [0, 0.05) is 16.9 Å². The molecule has 0 bridgehead atoms. The Hall–Kier alpha value is -2.82. The zero-order chi connectivity index (χ0) is 15.2. The van der Waals surface area contributed by atoms with Crippen molar-refractivity contribution in [2.24, 2.45) is 5.73 Å². The Morgan fingerprint density at radius 1 is 0.952 bits per heavy atom. The maximum absolute atomic E-state index is 12.1. The molecule has 0 saturated carbocycles. The molecule has 0 radical (unpaired) electrons. The van der Waals surface area contributed by atoms with E-state index in [0.717, 1.165) is 5.69 Å². The van der Waals surface area contributed by atoms with Crippen LogP contribution in [-0.2, 0) is 4.79 Å². The van der Waals surface area contributed by atoms with Crippen LogP contribution in [0.3, 0.4) is 0 Å². The molecule has 0 aliphatic carbocycles. The van der Waals surface area contributed by atoms with E-state index >= 15 is 0 Å². The van der Waals surface area contributed by atoms with Gasteiger partial charge in [-0.2, -0.15) is 0 Å². The Balaban J connectivity index is 1.95. The Kier molecular flexibility index (Phi) is 4.56. The molecule has 0 heterocycles. The van der Waals surface area contributed by atoms with E-state index in [1.807, 2.05) is 30.3 Å². The van der Waals surface area contributed by atoms with E-state index in [1.165, 1.54) is 0 Å². The molecular weight excluding hydrogens is 266 g/mol. The van der Waals surface area contributed by atoms with Crippen LogP contribution in [0.2, 0.25) is 0 Å². The standard InChI is InChI=1S/C16H17N3O2/c1-11(18-13-5-3-2-4-6-13)16(21)19-14-9-7-12(8-10-14)15(17)20/h2-11,18H,1H3,(H2,17,20)(H,19,21)/t11-/m1/s1. The molecule has 108 valence electrons. The highest BCUT2D eigenvalue weighted by Gasteiger charge is 2.12. The molecule has 0 spiro atoms. The molecule has 21 heavy (non-hydrogen) atoms. The second-order valence-corrected chi connectivity index (χ2v) is 4.66. The van der Waals surface area contributed by atoms with Crippen molar-refractivity contribution in [2.45, 2.75) is 13.0 Å². The third kappa shape index (κ3) is 4.07. The summed E-state index contributed by atoms with van der Waals surface area (Å²) in [7, 11) is 0. The molecule has 0 fully saturated rings. The minimum atomic E-state index is -0.494. The molecule has 2 aromatic carbocycles. The number of carbonyl (C=O) groups is 2. The number of nitrogens with one attached hydrogen (secondary N) is 2. The van der Waals surface area contributed by atoms with E-state index in [-0.39, 0.29) is 11.9 Å². The first-order valence-corrected chi connectivity index (χ1v) is 6.58. The van der Waals surface area contributed by atoms with Crippen molar-refractivity contribution in [3.05, 3.63) is 60.2 Å². The van der Waals surface area contributed by atoms with Gasteiger partial charge < -0.3 is 16.4 Å². The fraction of sp³-hybridized carbons (Fsp3) is 0.125. The first-order valence-electron chi connectivity index (χ1n) is 6.58. The quantitative estimate of drug-likeness (QED) is 0.786. The average Bonchev–Trinajstić information content (AvgIpc) is 2.48. The van der Waals surface area contributed by atoms with E-state index in [2.05, 4.69) is 10.6 Å². The van der Waals surface area contributed by atoms with E-state index in [1.54, 1.807) is 31.2 Å². The molecule has 4 N–H and O–H groups in total. The van der Waals surface area contributed by atoms with Crippen molar-refractivity contribution in [2.75, 3.05) is 10.6 Å². The topological polar surface area (TPSA) is 84.2 Å². The Bertz CT molecular complexity index is 624. The highest BCUT2D eigenvalue weighted by molar-refractivity contribution is 5.97. The third-order valence-corrected chi connectivity index (χ3v) is 2.99. The number of nitrogens with two attached hydrogens (primary N) is 1. The molecule has 5 heteroatoms. The van der Waals surface area contributed by atoms with Crippen LogP contribution < -0.4 is 16.4 Å². The zero-order valence-electron chi connectivity index (χ0n) is 11.7. The smallest absolute Gasteiger partial charge is 0.248 e. The molecule has 0 aliphatic heterocycles. The Morgan fingerprint density at radius 3 is 2.14 bits per heavy atom. The maximum Gasteiger partial charge on any atom is 0.248 e. The van der Waals surface area contributed by atoms with Crippen LogP contribution in [0.25, 0.3) is 0 Å². The van der Waals surface area contributed by atoms with Crippen molar-refractivity contribution in [3.8, 4) is 0 Å². The molecule has 2 amide bonds. The lowest BCUT2D eigenvalue weighted by molar-refractivity contribution is -0.116. The van der Waals surface area contributed by atoms with Crippen LogP contribution in [0.15, 0.2) is 54.6 Å². The van der Waals surface area contributed by atoms with E-state index < -0.39 is 5.91 Å². The molecule has 0 aliphatic rings. The van der Waals surface area contributed by atoms with Crippen LogP contribution in [0.5, 0.6) is 0 Å². The number of hydrogen-bond acceptors (Lipinski definition) is 3. The van der Waals surface area contributed by atoms with Gasteiger partial charge in [0.25, 0.3) is 0 Å². The predicted molar refractivity (Wildman–Crippen MR) is 83.1 cm³/mol. The number of anilines is 2. The van der Waals surface area contributed by atoms with Crippen LogP contribution in [0, 0.1) is 0 Å². The summed E-state index contributed by atoms with van der Waals surface area (Å²) in [5.74, 6) is -0.655. The van der Waals surface area contributed by atoms with E-state index in [4.69, 9.17) is 5.73 Å². The van der Waals surface area contributed by atoms with Gasteiger partial charge in [0.2, 0.25) is 11.8 Å². The number of rotatable bonds is 5. The molecule has 0 saturated heterocycles. The summed E-state index contributed by atoms with van der Waals surface area (Å²) < 4.78 is 0. The first-order chi connectivity index (χ1) is 10.1. The average molecular weight is 283 g/mol. The second-order valence-electron chi connectivity index (χ2n) is 4.66. The Morgan fingerprint density at radius 2 is 1.57 bits per heavy atom. The van der Waals surface area contributed by atoms with E-state index in [9.17, 15) is 9.59 Å². The predicted octanol–water partition coefficient (Wildman–Crippen LogP) is 2.22. The van der Waals surface area contributed by atoms with Crippen molar-refractivity contribution in [1.29, 1.82) is 0 Å². The summed E-state index contributed by atoms with van der Waals surface area (Å²) in [6.07, 6.45) is 0. The Labute approximate surface area is 123 Å².